The van der Waals surface area contributed by atoms with Crippen molar-refractivity contribution in [1.82, 2.24) is 5.32 Å². The lowest BCUT2D eigenvalue weighted by molar-refractivity contribution is -0.139. The van der Waals surface area contributed by atoms with Crippen molar-refractivity contribution in [2.45, 2.75) is 24.8 Å². The minimum absolute atomic E-state index is 0.125. The summed E-state index contributed by atoms with van der Waals surface area (Å²) in [6.07, 6.45) is -6.23. The van der Waals surface area contributed by atoms with E-state index >= 15 is 0 Å². The number of nitrogens with one attached hydrogen (secondary N) is 1. The lowest BCUT2D eigenvalue weighted by Gasteiger charge is -2.17. The van der Waals surface area contributed by atoms with Crippen LogP contribution in [0.3, 0.4) is 0 Å². The second kappa shape index (κ2) is 7.79. The van der Waals surface area contributed by atoms with Gasteiger partial charge in [-0.15, -0.1) is 0 Å². The summed E-state index contributed by atoms with van der Waals surface area (Å²) in [4.78, 5) is 17.4. The number of carbonyl (C=O) groups excluding carboxylic acids is 1. The molecule has 0 fully saturated rings. The zero-order valence-corrected chi connectivity index (χ0v) is 14.1. The van der Waals surface area contributed by atoms with E-state index in [1.165, 1.54) is 18.2 Å². The van der Waals surface area contributed by atoms with E-state index in [0.29, 0.717) is 0 Å². The van der Waals surface area contributed by atoms with E-state index in [1.807, 2.05) is 30.3 Å². The molecule has 0 saturated heterocycles. The molecule has 0 aliphatic carbocycles. The van der Waals surface area contributed by atoms with Crippen molar-refractivity contribution < 1.29 is 27.9 Å². The molecule has 27 heavy (non-hydrogen) atoms. The Morgan fingerprint density at radius 3 is 2.56 bits per heavy atom. The highest BCUT2D eigenvalue weighted by molar-refractivity contribution is 6.39. The Balaban J connectivity index is 1.59. The van der Waals surface area contributed by atoms with Gasteiger partial charge >= 0.3 is 6.18 Å². The van der Waals surface area contributed by atoms with Crippen LogP contribution in [0.4, 0.5) is 13.2 Å². The van der Waals surface area contributed by atoms with Gasteiger partial charge in [-0.2, -0.15) is 13.2 Å². The third-order valence-corrected chi connectivity index (χ3v) is 4.18. The van der Waals surface area contributed by atoms with Gasteiger partial charge in [0.15, 0.2) is 6.10 Å². The van der Waals surface area contributed by atoms with Gasteiger partial charge in [-0.1, -0.05) is 53.7 Å². The van der Waals surface area contributed by atoms with Crippen LogP contribution in [-0.2, 0) is 15.8 Å². The van der Waals surface area contributed by atoms with Crippen LogP contribution in [0.5, 0.6) is 0 Å². The molecule has 2 aromatic carbocycles. The molecular weight excluding hydrogens is 361 g/mol. The summed E-state index contributed by atoms with van der Waals surface area (Å²) < 4.78 is 39.1. The highest BCUT2D eigenvalue weighted by atomic mass is 19.4. The summed E-state index contributed by atoms with van der Waals surface area (Å²) in [7, 11) is 0. The van der Waals surface area contributed by atoms with Crippen molar-refractivity contribution in [2.24, 2.45) is 5.16 Å². The fraction of sp³-hybridized carbons (Fsp3) is 0.263. The second-order valence-electron chi connectivity index (χ2n) is 6.06. The number of carbonyl (C=O) groups is 1. The molecule has 0 spiro atoms. The van der Waals surface area contributed by atoms with Crippen molar-refractivity contribution in [1.29, 1.82) is 0 Å². The van der Waals surface area contributed by atoms with E-state index in [4.69, 9.17) is 4.84 Å². The number of alkyl halides is 3. The summed E-state index contributed by atoms with van der Waals surface area (Å²) in [5.74, 6) is -0.586. The fourth-order valence-corrected chi connectivity index (χ4v) is 2.81. The smallest absolute Gasteiger partial charge is 0.387 e. The molecule has 3 rings (SSSR count). The Kier molecular flexibility index (Phi) is 5.46. The third kappa shape index (κ3) is 4.46. The average molecular weight is 378 g/mol. The Bertz CT molecular complexity index is 838. The first-order chi connectivity index (χ1) is 12.9. The minimum atomic E-state index is -4.59. The summed E-state index contributed by atoms with van der Waals surface area (Å²) in [6, 6.07) is 13.9. The van der Waals surface area contributed by atoms with Crippen LogP contribution in [0.1, 0.15) is 35.3 Å². The zero-order valence-electron chi connectivity index (χ0n) is 14.1. The van der Waals surface area contributed by atoms with Crippen LogP contribution < -0.4 is 5.32 Å². The Morgan fingerprint density at radius 1 is 1.19 bits per heavy atom. The predicted molar refractivity (Wildman–Crippen MR) is 91.7 cm³/mol. The highest BCUT2D eigenvalue weighted by Gasteiger charge is 2.35. The molecular formula is C19H17F3N2O3. The van der Waals surface area contributed by atoms with Crippen molar-refractivity contribution in [3.8, 4) is 0 Å². The lowest BCUT2D eigenvalue weighted by atomic mass is 10.0. The Labute approximate surface area is 153 Å². The van der Waals surface area contributed by atoms with E-state index in [1.54, 1.807) is 0 Å². The SMILES string of the molecule is O=C(NC[C@@H](O)c1ccccc1C(F)(F)F)C1=NO[C@@H](c2ccccc2)C1. The number of hydrogen-bond donors (Lipinski definition) is 2. The van der Waals surface area contributed by atoms with Crippen LogP contribution in [0.15, 0.2) is 59.8 Å². The molecule has 1 amide bonds. The fourth-order valence-electron chi connectivity index (χ4n) is 2.81. The van der Waals surface area contributed by atoms with E-state index < -0.39 is 23.8 Å². The normalized spacial score (nSPS) is 17.8. The summed E-state index contributed by atoms with van der Waals surface area (Å²) in [6.45, 7) is -0.374. The van der Waals surface area contributed by atoms with Gasteiger partial charge in [0, 0.05) is 13.0 Å². The molecule has 2 atom stereocenters. The van der Waals surface area contributed by atoms with Gasteiger partial charge in [-0.05, 0) is 17.2 Å². The van der Waals surface area contributed by atoms with Crippen molar-refractivity contribution in [3.63, 3.8) is 0 Å². The van der Waals surface area contributed by atoms with Crippen LogP contribution in [0.25, 0.3) is 0 Å². The number of oxime groups is 1. The number of benzene rings is 2. The first kappa shape index (κ1) is 18.9. The van der Waals surface area contributed by atoms with Gasteiger partial charge in [0.05, 0.1) is 11.7 Å². The molecule has 1 aliphatic heterocycles. The highest BCUT2D eigenvalue weighted by Crippen LogP contribution is 2.34. The number of hydrogen-bond acceptors (Lipinski definition) is 4. The first-order valence-corrected chi connectivity index (χ1v) is 8.26. The van der Waals surface area contributed by atoms with Crippen molar-refractivity contribution >= 4 is 11.6 Å². The second-order valence-corrected chi connectivity index (χ2v) is 6.06. The van der Waals surface area contributed by atoms with E-state index in [9.17, 15) is 23.1 Å². The molecule has 2 N–H and O–H groups in total. The molecule has 1 heterocycles. The number of amides is 1. The Hall–Kier alpha value is -2.87. The quantitative estimate of drug-likeness (QED) is 0.838. The topological polar surface area (TPSA) is 70.9 Å². The number of halogens is 3. The van der Waals surface area contributed by atoms with Gasteiger partial charge in [-0.25, -0.2) is 0 Å². The molecule has 5 nitrogen and oxygen atoms in total. The number of aliphatic hydroxyl groups excluding tert-OH is 1. The molecule has 1 aliphatic rings. The summed E-state index contributed by atoms with van der Waals surface area (Å²) in [5.41, 5.74) is -0.238. The minimum Gasteiger partial charge on any atom is -0.387 e. The van der Waals surface area contributed by atoms with Gasteiger partial charge in [0.1, 0.15) is 5.71 Å². The maximum absolute atomic E-state index is 13.0. The van der Waals surface area contributed by atoms with Gasteiger partial charge < -0.3 is 15.3 Å². The largest absolute Gasteiger partial charge is 0.416 e. The van der Waals surface area contributed by atoms with E-state index in [2.05, 4.69) is 10.5 Å². The zero-order chi connectivity index (χ0) is 19.4. The van der Waals surface area contributed by atoms with Crippen LogP contribution in [0.2, 0.25) is 0 Å². The molecule has 0 radical (unpaired) electrons. The first-order valence-electron chi connectivity index (χ1n) is 8.26. The van der Waals surface area contributed by atoms with Gasteiger partial charge in [-0.3, -0.25) is 4.79 Å². The number of nitrogens with zero attached hydrogens (tertiary/aromatic N) is 1. The molecule has 2 aromatic rings. The van der Waals surface area contributed by atoms with Gasteiger partial charge in [0.2, 0.25) is 0 Å². The monoisotopic (exact) mass is 378 g/mol. The maximum atomic E-state index is 13.0. The molecule has 142 valence electrons. The lowest BCUT2D eigenvalue weighted by Crippen LogP contribution is -2.34. The molecule has 0 aromatic heterocycles. The van der Waals surface area contributed by atoms with Crippen molar-refractivity contribution in [2.75, 3.05) is 6.54 Å². The number of aliphatic hydroxyl groups is 1. The molecule has 0 bridgehead atoms. The van der Waals surface area contributed by atoms with Crippen molar-refractivity contribution in [3.05, 3.63) is 71.3 Å². The molecule has 0 saturated carbocycles. The predicted octanol–water partition coefficient (Wildman–Crippen LogP) is 3.37. The third-order valence-electron chi connectivity index (χ3n) is 4.18. The summed E-state index contributed by atoms with van der Waals surface area (Å²) >= 11 is 0. The maximum Gasteiger partial charge on any atom is 0.416 e. The standard InChI is InChI=1S/C19H17F3N2O3/c20-19(21,22)14-9-5-4-8-13(14)16(25)11-23-18(26)15-10-17(27-24-15)12-6-2-1-3-7-12/h1-9,16-17,25H,10-11H2,(H,23,26)/t16-,17-/m1/s1. The number of rotatable bonds is 5. The van der Waals surface area contributed by atoms with Gasteiger partial charge in [0.25, 0.3) is 5.91 Å². The molecule has 8 heteroatoms. The van der Waals surface area contributed by atoms with Crippen LogP contribution >= 0.6 is 0 Å². The molecule has 0 unspecified atom stereocenters. The average Bonchev–Trinajstić information content (AvgIpc) is 3.16. The van der Waals surface area contributed by atoms with Crippen LogP contribution in [0, 0.1) is 0 Å². The Morgan fingerprint density at radius 2 is 1.85 bits per heavy atom. The van der Waals surface area contributed by atoms with Crippen LogP contribution in [-0.4, -0.2) is 23.3 Å². The summed E-state index contributed by atoms with van der Waals surface area (Å²) in [5, 5.41) is 16.3. The van der Waals surface area contributed by atoms with E-state index in [-0.39, 0.29) is 30.3 Å². The van der Waals surface area contributed by atoms with E-state index in [0.717, 1.165) is 11.6 Å².